The minimum atomic E-state index is -4.67. The third-order valence-corrected chi connectivity index (χ3v) is 1.15. The van der Waals surface area contributed by atoms with Gasteiger partial charge in [-0.15, -0.1) is 0 Å². The summed E-state index contributed by atoms with van der Waals surface area (Å²) in [6, 6.07) is 0. The molecule has 0 bridgehead atoms. The molecule has 0 radical (unpaired) electrons. The van der Waals surface area contributed by atoms with E-state index in [4.69, 9.17) is 29.0 Å². The first-order chi connectivity index (χ1) is 6.75. The summed E-state index contributed by atoms with van der Waals surface area (Å²) in [5.74, 6) is 0.867. The van der Waals surface area contributed by atoms with Gasteiger partial charge in [0.05, 0.1) is 0 Å². The zero-order valence-corrected chi connectivity index (χ0v) is 8.56. The van der Waals surface area contributed by atoms with E-state index in [9.17, 15) is 0 Å². The molecule has 0 unspecified atom stereocenters. The van der Waals surface area contributed by atoms with Crippen LogP contribution in [0, 0.1) is 0 Å². The van der Waals surface area contributed by atoms with Crippen LogP contribution in [0.1, 0.15) is 0 Å². The van der Waals surface area contributed by atoms with E-state index < -0.39 is 10.4 Å². The van der Waals surface area contributed by atoms with Gasteiger partial charge in [-0.3, -0.25) is 9.11 Å². The quantitative estimate of drug-likeness (QED) is 0.386. The van der Waals surface area contributed by atoms with Crippen LogP contribution in [0.15, 0.2) is 6.33 Å². The molecule has 15 heavy (non-hydrogen) atoms. The molecule has 1 aromatic heterocycles. The fourth-order valence-corrected chi connectivity index (χ4v) is 0.608. The van der Waals surface area contributed by atoms with Gasteiger partial charge in [-0.25, -0.2) is 9.97 Å². The van der Waals surface area contributed by atoms with Crippen LogP contribution in [-0.2, 0) is 10.4 Å². The highest BCUT2D eigenvalue weighted by molar-refractivity contribution is 7.79. The standard InChI is InChI=1S/C5H9N5.H2O4S/c1-8-5-3(6)4(7)9-2-10-5;1-5(2,3)4/h2H,6H2,1H3,(H3,7,8,9,10);(H2,1,2,3,4). The van der Waals surface area contributed by atoms with Crippen molar-refractivity contribution in [3.63, 3.8) is 0 Å². The molecule has 1 aromatic rings. The van der Waals surface area contributed by atoms with Crippen molar-refractivity contribution >= 4 is 27.7 Å². The second-order valence-corrected chi connectivity index (χ2v) is 3.11. The van der Waals surface area contributed by atoms with Gasteiger partial charge in [0.1, 0.15) is 12.0 Å². The van der Waals surface area contributed by atoms with Crippen LogP contribution < -0.4 is 16.8 Å². The van der Waals surface area contributed by atoms with Gasteiger partial charge >= 0.3 is 10.4 Å². The normalized spacial score (nSPS) is 10.1. The topological polar surface area (TPSA) is 164 Å². The summed E-state index contributed by atoms with van der Waals surface area (Å²) >= 11 is 0. The summed E-state index contributed by atoms with van der Waals surface area (Å²) in [7, 11) is -2.95. The maximum absolute atomic E-state index is 8.74. The van der Waals surface area contributed by atoms with Crippen molar-refractivity contribution in [3.8, 4) is 0 Å². The van der Waals surface area contributed by atoms with E-state index in [1.54, 1.807) is 7.05 Å². The van der Waals surface area contributed by atoms with Gasteiger partial charge in [-0.05, 0) is 0 Å². The number of nitrogen functional groups attached to an aromatic ring is 2. The molecular weight excluding hydrogens is 226 g/mol. The lowest BCUT2D eigenvalue weighted by molar-refractivity contribution is 0.381. The first-order valence-electron chi connectivity index (χ1n) is 3.49. The van der Waals surface area contributed by atoms with E-state index in [-0.39, 0.29) is 0 Å². The van der Waals surface area contributed by atoms with Crippen LogP contribution >= 0.6 is 0 Å². The van der Waals surface area contributed by atoms with E-state index in [0.29, 0.717) is 17.3 Å². The van der Waals surface area contributed by atoms with Crippen LogP contribution in [0.4, 0.5) is 17.3 Å². The fourth-order valence-electron chi connectivity index (χ4n) is 0.608. The number of hydrogen-bond donors (Lipinski definition) is 5. The molecule has 9 nitrogen and oxygen atoms in total. The van der Waals surface area contributed by atoms with Gasteiger partial charge in [-0.1, -0.05) is 0 Å². The first kappa shape index (κ1) is 13.4. The van der Waals surface area contributed by atoms with Crippen molar-refractivity contribution in [1.29, 1.82) is 0 Å². The van der Waals surface area contributed by atoms with Crippen molar-refractivity contribution in [2.75, 3.05) is 23.8 Å². The molecule has 86 valence electrons. The summed E-state index contributed by atoms with van der Waals surface area (Å²) in [5, 5.41) is 2.78. The van der Waals surface area contributed by atoms with Gasteiger partial charge in [0.25, 0.3) is 0 Å². The number of nitrogens with two attached hydrogens (primary N) is 2. The largest absolute Gasteiger partial charge is 0.394 e. The lowest BCUT2D eigenvalue weighted by atomic mass is 10.4. The SMILES string of the molecule is CNc1ncnc(N)c1N.O=S(=O)(O)O. The summed E-state index contributed by atoms with van der Waals surface area (Å²) in [5.41, 5.74) is 11.3. The molecule has 0 atom stereocenters. The zero-order chi connectivity index (χ0) is 12.1. The monoisotopic (exact) mass is 237 g/mol. The first-order valence-corrected chi connectivity index (χ1v) is 4.89. The summed E-state index contributed by atoms with van der Waals surface area (Å²) in [6.07, 6.45) is 1.36. The zero-order valence-electron chi connectivity index (χ0n) is 7.75. The lowest BCUT2D eigenvalue weighted by Gasteiger charge is -2.03. The third-order valence-electron chi connectivity index (χ3n) is 1.15. The predicted molar refractivity (Wildman–Crippen MR) is 54.6 cm³/mol. The number of anilines is 3. The predicted octanol–water partition coefficient (Wildman–Crippen LogP) is -0.970. The number of hydrogen-bond acceptors (Lipinski definition) is 7. The molecular formula is C5H11N5O4S. The van der Waals surface area contributed by atoms with Gasteiger partial charge in [0.2, 0.25) is 0 Å². The molecule has 0 amide bonds. The Morgan fingerprint density at radius 3 is 2.13 bits per heavy atom. The van der Waals surface area contributed by atoms with Gasteiger partial charge < -0.3 is 16.8 Å². The van der Waals surface area contributed by atoms with Gasteiger partial charge in [0.15, 0.2) is 11.6 Å². The Balaban J connectivity index is 0.000000336. The number of rotatable bonds is 1. The van der Waals surface area contributed by atoms with Crippen molar-refractivity contribution in [2.45, 2.75) is 0 Å². The Bertz CT molecular complexity index is 411. The summed E-state index contributed by atoms with van der Waals surface area (Å²) < 4.78 is 31.6. The van der Waals surface area contributed by atoms with E-state index in [0.717, 1.165) is 0 Å². The molecule has 0 aliphatic carbocycles. The minimum absolute atomic E-state index is 0.305. The molecule has 10 heteroatoms. The van der Waals surface area contributed by atoms with Crippen molar-refractivity contribution in [2.24, 2.45) is 0 Å². The molecule has 0 aliphatic rings. The maximum Gasteiger partial charge on any atom is 0.394 e. The van der Waals surface area contributed by atoms with E-state index in [1.165, 1.54) is 6.33 Å². The number of nitrogens with one attached hydrogen (secondary N) is 1. The van der Waals surface area contributed by atoms with Crippen LogP contribution in [0.2, 0.25) is 0 Å². The van der Waals surface area contributed by atoms with E-state index in [1.807, 2.05) is 0 Å². The van der Waals surface area contributed by atoms with Crippen LogP contribution in [0.3, 0.4) is 0 Å². The highest BCUT2D eigenvalue weighted by atomic mass is 32.3. The summed E-state index contributed by atoms with van der Waals surface area (Å²) in [6.45, 7) is 0. The number of nitrogens with zero attached hydrogens (tertiary/aromatic N) is 2. The lowest BCUT2D eigenvalue weighted by Crippen LogP contribution is -2.04. The van der Waals surface area contributed by atoms with E-state index in [2.05, 4.69) is 15.3 Å². The molecule has 0 spiro atoms. The van der Waals surface area contributed by atoms with E-state index >= 15 is 0 Å². The second-order valence-electron chi connectivity index (χ2n) is 2.22. The minimum Gasteiger partial charge on any atom is -0.393 e. The molecule has 0 aliphatic heterocycles. The maximum atomic E-state index is 8.74. The Hall–Kier alpha value is -1.65. The molecule has 1 heterocycles. The third kappa shape index (κ3) is 6.42. The highest BCUT2D eigenvalue weighted by Gasteiger charge is 2.00. The Labute approximate surface area is 86.1 Å². The Kier molecular flexibility index (Phi) is 4.70. The average Bonchev–Trinajstić information content (AvgIpc) is 2.07. The van der Waals surface area contributed by atoms with Crippen molar-refractivity contribution in [1.82, 2.24) is 9.97 Å². The molecule has 0 saturated heterocycles. The Morgan fingerprint density at radius 2 is 1.80 bits per heavy atom. The molecule has 0 saturated carbocycles. The molecule has 0 fully saturated rings. The van der Waals surface area contributed by atoms with Crippen LogP contribution in [0.25, 0.3) is 0 Å². The van der Waals surface area contributed by atoms with Gasteiger partial charge in [0, 0.05) is 7.05 Å². The van der Waals surface area contributed by atoms with Gasteiger partial charge in [-0.2, -0.15) is 8.42 Å². The Morgan fingerprint density at radius 1 is 1.33 bits per heavy atom. The fraction of sp³-hybridized carbons (Fsp3) is 0.200. The summed E-state index contributed by atoms with van der Waals surface area (Å²) in [4.78, 5) is 7.52. The molecule has 0 aromatic carbocycles. The van der Waals surface area contributed by atoms with Crippen LogP contribution in [0.5, 0.6) is 0 Å². The molecule has 7 N–H and O–H groups in total. The second kappa shape index (κ2) is 5.29. The number of aromatic nitrogens is 2. The average molecular weight is 237 g/mol. The molecule has 1 rings (SSSR count). The van der Waals surface area contributed by atoms with Crippen LogP contribution in [-0.4, -0.2) is 34.5 Å². The smallest absolute Gasteiger partial charge is 0.393 e. The van der Waals surface area contributed by atoms with Crippen molar-refractivity contribution < 1.29 is 17.5 Å². The highest BCUT2D eigenvalue weighted by Crippen LogP contribution is 2.17. The van der Waals surface area contributed by atoms with Crippen molar-refractivity contribution in [3.05, 3.63) is 6.33 Å².